The summed E-state index contributed by atoms with van der Waals surface area (Å²) in [5.74, 6) is 1.15. The van der Waals surface area contributed by atoms with Crippen molar-refractivity contribution in [1.82, 2.24) is 4.90 Å². The van der Waals surface area contributed by atoms with E-state index in [4.69, 9.17) is 4.74 Å². The van der Waals surface area contributed by atoms with E-state index >= 15 is 0 Å². The zero-order valence-electron chi connectivity index (χ0n) is 19.4. The lowest BCUT2D eigenvalue weighted by atomic mass is 9.98. The summed E-state index contributed by atoms with van der Waals surface area (Å²) in [6, 6.07) is 20.9. The summed E-state index contributed by atoms with van der Waals surface area (Å²) in [6.07, 6.45) is 3.79. The first-order valence-corrected chi connectivity index (χ1v) is 12.8. The van der Waals surface area contributed by atoms with E-state index in [1.807, 2.05) is 11.8 Å². The predicted octanol–water partition coefficient (Wildman–Crippen LogP) is 6.26. The molecule has 0 bridgehead atoms. The van der Waals surface area contributed by atoms with Crippen LogP contribution in [0.15, 0.2) is 59.5 Å². The van der Waals surface area contributed by atoms with Gasteiger partial charge in [0.1, 0.15) is 0 Å². The summed E-state index contributed by atoms with van der Waals surface area (Å²) in [5.41, 5.74) is 3.02. The second-order valence-corrected chi connectivity index (χ2v) is 11.3. The van der Waals surface area contributed by atoms with Crippen molar-refractivity contribution < 1.29 is 4.74 Å². The third kappa shape index (κ3) is 6.06. The highest BCUT2D eigenvalue weighted by Gasteiger charge is 2.31. The first-order valence-electron chi connectivity index (χ1n) is 11.9. The zero-order valence-corrected chi connectivity index (χ0v) is 20.2. The Morgan fingerprint density at radius 2 is 1.71 bits per heavy atom. The highest BCUT2D eigenvalue weighted by Crippen LogP contribution is 2.41. The lowest BCUT2D eigenvalue weighted by Gasteiger charge is -2.39. The molecule has 1 saturated heterocycles. The average molecular weight is 439 g/mol. The van der Waals surface area contributed by atoms with Crippen LogP contribution in [0.5, 0.6) is 0 Å². The van der Waals surface area contributed by atoms with Gasteiger partial charge < -0.3 is 9.64 Å². The molecule has 2 aromatic rings. The summed E-state index contributed by atoms with van der Waals surface area (Å²) < 4.78 is 6.30. The minimum absolute atomic E-state index is 0.202. The normalized spacial score (nSPS) is 21.0. The van der Waals surface area contributed by atoms with Gasteiger partial charge in [-0.2, -0.15) is 0 Å². The molecule has 0 amide bonds. The molecule has 2 atom stereocenters. The molecular formula is C27H38N2OS. The Hall–Kier alpha value is -1.49. The Labute approximate surface area is 193 Å². The highest BCUT2D eigenvalue weighted by molar-refractivity contribution is 7.99. The van der Waals surface area contributed by atoms with Crippen LogP contribution in [0.3, 0.4) is 0 Å². The van der Waals surface area contributed by atoms with Crippen LogP contribution in [0.1, 0.15) is 51.6 Å². The predicted molar refractivity (Wildman–Crippen MR) is 133 cm³/mol. The third-order valence-electron chi connectivity index (χ3n) is 6.29. The number of benzene rings is 2. The van der Waals surface area contributed by atoms with Crippen molar-refractivity contribution in [2.24, 2.45) is 5.41 Å². The Morgan fingerprint density at radius 1 is 1.00 bits per heavy atom. The maximum Gasteiger partial charge on any atom is 0.0639 e. The number of hydrogen-bond donors (Lipinski definition) is 0. The number of likely N-dealkylation sites (tertiary alicyclic amines) is 1. The van der Waals surface area contributed by atoms with Crippen molar-refractivity contribution in [3.63, 3.8) is 0 Å². The second kappa shape index (κ2) is 10.4. The van der Waals surface area contributed by atoms with Crippen molar-refractivity contribution in [2.45, 2.75) is 57.0 Å². The van der Waals surface area contributed by atoms with Gasteiger partial charge >= 0.3 is 0 Å². The molecule has 168 valence electrons. The van der Waals surface area contributed by atoms with Crippen molar-refractivity contribution in [2.75, 3.05) is 43.5 Å². The fourth-order valence-corrected chi connectivity index (χ4v) is 5.85. The molecule has 1 fully saturated rings. The van der Waals surface area contributed by atoms with E-state index in [1.165, 1.54) is 48.5 Å². The van der Waals surface area contributed by atoms with Gasteiger partial charge in [0.15, 0.2) is 0 Å². The molecule has 3 nitrogen and oxygen atoms in total. The molecule has 0 radical (unpaired) electrons. The van der Waals surface area contributed by atoms with Gasteiger partial charge in [0.05, 0.1) is 31.0 Å². The van der Waals surface area contributed by atoms with E-state index in [0.29, 0.717) is 12.1 Å². The van der Waals surface area contributed by atoms with E-state index in [9.17, 15) is 0 Å². The monoisotopic (exact) mass is 438 g/mol. The number of thioether (sulfide) groups is 1. The topological polar surface area (TPSA) is 15.7 Å². The summed E-state index contributed by atoms with van der Waals surface area (Å²) >= 11 is 2.01. The quantitative estimate of drug-likeness (QED) is 0.507. The summed E-state index contributed by atoms with van der Waals surface area (Å²) in [6.45, 7) is 11.8. The second-order valence-electron chi connectivity index (χ2n) is 10.2. The van der Waals surface area contributed by atoms with Crippen LogP contribution in [0, 0.1) is 5.41 Å². The Kier molecular flexibility index (Phi) is 7.63. The van der Waals surface area contributed by atoms with E-state index < -0.39 is 0 Å². The molecule has 4 heteroatoms. The van der Waals surface area contributed by atoms with Crippen molar-refractivity contribution in [3.05, 3.63) is 60.2 Å². The molecule has 4 rings (SSSR count). The van der Waals surface area contributed by atoms with Gasteiger partial charge in [0.25, 0.3) is 0 Å². The van der Waals surface area contributed by atoms with Crippen molar-refractivity contribution >= 4 is 17.4 Å². The molecule has 31 heavy (non-hydrogen) atoms. The minimum atomic E-state index is 0.202. The van der Waals surface area contributed by atoms with Gasteiger partial charge in [-0.25, -0.2) is 0 Å². The number of hydrogen-bond acceptors (Lipinski definition) is 4. The van der Waals surface area contributed by atoms with Gasteiger partial charge in [-0.1, -0.05) is 63.2 Å². The van der Waals surface area contributed by atoms with Crippen molar-refractivity contribution in [3.8, 4) is 0 Å². The maximum atomic E-state index is 6.30. The lowest BCUT2D eigenvalue weighted by molar-refractivity contribution is 0.0314. The number of para-hydroxylation sites is 1. The molecule has 2 aromatic carbocycles. The van der Waals surface area contributed by atoms with Crippen molar-refractivity contribution in [1.29, 1.82) is 0 Å². The Bertz CT molecular complexity index is 813. The molecule has 2 aliphatic rings. The Morgan fingerprint density at radius 3 is 2.45 bits per heavy atom. The molecular weight excluding hydrogens is 400 g/mol. The molecule has 2 unspecified atom stereocenters. The smallest absolute Gasteiger partial charge is 0.0639 e. The Balaban J connectivity index is 1.62. The van der Waals surface area contributed by atoms with Gasteiger partial charge in [-0.3, -0.25) is 4.90 Å². The van der Waals surface area contributed by atoms with Gasteiger partial charge in [0, 0.05) is 17.2 Å². The van der Waals surface area contributed by atoms with Crippen LogP contribution in [-0.4, -0.2) is 49.5 Å². The number of fused-ring (bicyclic) bond motifs is 1. The summed E-state index contributed by atoms with van der Waals surface area (Å²) in [5, 5.41) is 0. The molecule has 0 saturated carbocycles. The van der Waals surface area contributed by atoms with Crippen LogP contribution in [0.25, 0.3) is 0 Å². The summed E-state index contributed by atoms with van der Waals surface area (Å²) in [4.78, 5) is 6.77. The van der Waals surface area contributed by atoms with Crippen LogP contribution in [0.2, 0.25) is 0 Å². The average Bonchev–Trinajstić information content (AvgIpc) is 3.23. The molecule has 2 aliphatic heterocycles. The standard InChI is InChI=1S/C27H38N2OS/c1-27(2,3)21-30-20-23(28-16-9-10-17-28)19-29-24(22-11-5-4-6-12-22)15-18-31-26-14-8-7-13-25(26)29/h4-8,11-14,23-24H,9-10,15-21H2,1-3H3. The van der Waals surface area contributed by atoms with E-state index in [0.717, 1.165) is 25.5 Å². The van der Waals surface area contributed by atoms with Gasteiger partial charge in [0.2, 0.25) is 0 Å². The minimum Gasteiger partial charge on any atom is -0.379 e. The highest BCUT2D eigenvalue weighted by atomic mass is 32.2. The largest absolute Gasteiger partial charge is 0.379 e. The van der Waals surface area contributed by atoms with E-state index in [1.54, 1.807) is 0 Å². The van der Waals surface area contributed by atoms with Crippen LogP contribution < -0.4 is 4.90 Å². The SMILES string of the molecule is CC(C)(C)COCC(CN1c2ccccc2SCCC1c1ccccc1)N1CCCC1. The van der Waals surface area contributed by atoms with E-state index in [2.05, 4.69) is 85.2 Å². The fraction of sp³-hybridized carbons (Fsp3) is 0.556. The first-order chi connectivity index (χ1) is 15.0. The maximum absolute atomic E-state index is 6.30. The summed E-state index contributed by atoms with van der Waals surface area (Å²) in [7, 11) is 0. The lowest BCUT2D eigenvalue weighted by Crippen LogP contribution is -2.47. The fourth-order valence-electron chi connectivity index (χ4n) is 4.78. The van der Waals surface area contributed by atoms with Crippen LogP contribution in [-0.2, 0) is 4.74 Å². The van der Waals surface area contributed by atoms with Gasteiger partial charge in [-0.15, -0.1) is 11.8 Å². The molecule has 0 spiro atoms. The molecule has 0 N–H and O–H groups in total. The number of nitrogens with zero attached hydrogens (tertiary/aromatic N) is 2. The number of ether oxygens (including phenoxy) is 1. The molecule has 0 aromatic heterocycles. The number of anilines is 1. The van der Waals surface area contributed by atoms with Gasteiger partial charge in [-0.05, 0) is 55.5 Å². The van der Waals surface area contributed by atoms with Crippen LogP contribution >= 0.6 is 11.8 Å². The van der Waals surface area contributed by atoms with E-state index in [-0.39, 0.29) is 5.41 Å². The first kappa shape index (κ1) is 22.7. The zero-order chi connectivity index (χ0) is 21.7. The molecule has 2 heterocycles. The van der Waals surface area contributed by atoms with Crippen LogP contribution in [0.4, 0.5) is 5.69 Å². The number of rotatable bonds is 7. The molecule has 0 aliphatic carbocycles. The third-order valence-corrected chi connectivity index (χ3v) is 7.39.